The van der Waals surface area contributed by atoms with Crippen molar-refractivity contribution in [1.82, 2.24) is 4.90 Å². The number of ether oxygens (including phenoxy) is 1. The molecule has 1 saturated heterocycles. The first-order valence-electron chi connectivity index (χ1n) is 5.24. The molecule has 0 spiro atoms. The molecule has 18 heavy (non-hydrogen) atoms. The Hall–Kier alpha value is 0.180. The molecule has 2 unspecified atom stereocenters. The Bertz CT molecular complexity index is 351. The van der Waals surface area contributed by atoms with Gasteiger partial charge in [0.25, 0.3) is 0 Å². The molecule has 1 aliphatic rings. The van der Waals surface area contributed by atoms with Crippen LogP contribution in [-0.4, -0.2) is 69.7 Å². The minimum absolute atomic E-state index is 0.128. The van der Waals surface area contributed by atoms with Crippen LogP contribution in [0.4, 0.5) is 0 Å². The van der Waals surface area contributed by atoms with Gasteiger partial charge in [0.15, 0.2) is 0 Å². The monoisotopic (exact) mass is 305 g/mol. The number of aliphatic hydroxyl groups excluding tert-OH is 1. The lowest BCUT2D eigenvalue weighted by atomic mass is 10.5. The quantitative estimate of drug-likeness (QED) is 0.454. The topological polar surface area (TPSA) is 137 Å². The minimum Gasteiger partial charge on any atom is -0.394 e. The first-order chi connectivity index (χ1) is 8.29. The molecule has 0 aromatic rings. The van der Waals surface area contributed by atoms with Crippen molar-refractivity contribution in [3.63, 3.8) is 0 Å². The Morgan fingerprint density at radius 2 is 1.78 bits per heavy atom. The molecular weight excluding hydrogens is 288 g/mol. The van der Waals surface area contributed by atoms with E-state index in [1.165, 1.54) is 4.90 Å². The summed E-state index contributed by atoms with van der Waals surface area (Å²) in [5.74, 6) is 0. The van der Waals surface area contributed by atoms with Crippen LogP contribution in [0.15, 0.2) is 0 Å². The summed E-state index contributed by atoms with van der Waals surface area (Å²) in [6.07, 6.45) is 0. The standard InChI is InChI=1S/C7H17NO8P2/c9-3-6-16-18(13,14)7(17(10,11)12)8-1-4-15-5-2-8/h7,9H,1-6H2,(H,13,14)(H2,10,11,12). The van der Waals surface area contributed by atoms with Crippen molar-refractivity contribution in [2.24, 2.45) is 0 Å². The fourth-order valence-electron chi connectivity index (χ4n) is 1.66. The van der Waals surface area contributed by atoms with Gasteiger partial charge in [-0.25, -0.2) is 0 Å². The predicted molar refractivity (Wildman–Crippen MR) is 61.1 cm³/mol. The maximum atomic E-state index is 11.9. The van der Waals surface area contributed by atoms with Gasteiger partial charge >= 0.3 is 15.2 Å². The SMILES string of the molecule is O=P(O)(O)C(N1CCOCC1)P(=O)(O)OCCO. The third-order valence-corrected chi connectivity index (χ3v) is 6.50. The average molecular weight is 305 g/mol. The van der Waals surface area contributed by atoms with Crippen LogP contribution in [0.1, 0.15) is 0 Å². The summed E-state index contributed by atoms with van der Waals surface area (Å²) in [6, 6.07) is 0. The average Bonchev–Trinajstić information content (AvgIpc) is 2.25. The highest BCUT2D eigenvalue weighted by molar-refractivity contribution is 7.71. The zero-order valence-corrected chi connectivity index (χ0v) is 11.4. The molecule has 1 rings (SSSR count). The van der Waals surface area contributed by atoms with Crippen molar-refractivity contribution >= 4 is 15.2 Å². The van der Waals surface area contributed by atoms with Gasteiger partial charge in [0, 0.05) is 13.1 Å². The first-order valence-corrected chi connectivity index (χ1v) is 8.57. The molecule has 9 nitrogen and oxygen atoms in total. The van der Waals surface area contributed by atoms with E-state index < -0.39 is 33.9 Å². The van der Waals surface area contributed by atoms with Gasteiger partial charge < -0.3 is 29.0 Å². The van der Waals surface area contributed by atoms with E-state index in [9.17, 15) is 23.8 Å². The number of aliphatic hydroxyl groups is 1. The highest BCUT2D eigenvalue weighted by Crippen LogP contribution is 2.63. The van der Waals surface area contributed by atoms with Gasteiger partial charge in [0.2, 0.25) is 5.52 Å². The highest BCUT2D eigenvalue weighted by Gasteiger charge is 2.49. The predicted octanol–water partition coefficient (Wildman–Crippen LogP) is -1.03. The Morgan fingerprint density at radius 1 is 1.22 bits per heavy atom. The maximum Gasteiger partial charge on any atom is 0.357 e. The molecule has 0 saturated carbocycles. The lowest BCUT2D eigenvalue weighted by molar-refractivity contribution is 0.0332. The second kappa shape index (κ2) is 6.56. The van der Waals surface area contributed by atoms with Gasteiger partial charge in [-0.1, -0.05) is 0 Å². The molecule has 0 aromatic heterocycles. The second-order valence-corrected chi connectivity index (χ2v) is 7.66. The van der Waals surface area contributed by atoms with Crippen molar-refractivity contribution in [2.75, 3.05) is 39.5 Å². The summed E-state index contributed by atoms with van der Waals surface area (Å²) in [5, 5.41) is 8.54. The van der Waals surface area contributed by atoms with Crippen molar-refractivity contribution in [2.45, 2.75) is 5.52 Å². The molecule has 11 heteroatoms. The van der Waals surface area contributed by atoms with Gasteiger partial charge in [-0.2, -0.15) is 0 Å². The smallest absolute Gasteiger partial charge is 0.357 e. The molecule has 0 radical (unpaired) electrons. The van der Waals surface area contributed by atoms with Crippen molar-refractivity contribution in [3.05, 3.63) is 0 Å². The summed E-state index contributed by atoms with van der Waals surface area (Å²) in [7, 11) is -9.42. The summed E-state index contributed by atoms with van der Waals surface area (Å²) in [5.41, 5.74) is -1.92. The largest absolute Gasteiger partial charge is 0.394 e. The van der Waals surface area contributed by atoms with E-state index >= 15 is 0 Å². The summed E-state index contributed by atoms with van der Waals surface area (Å²) in [6.45, 7) is -0.283. The number of rotatable bonds is 6. The molecule has 0 bridgehead atoms. The van der Waals surface area contributed by atoms with Crippen LogP contribution < -0.4 is 0 Å². The molecule has 4 N–H and O–H groups in total. The van der Waals surface area contributed by atoms with Crippen LogP contribution in [0.5, 0.6) is 0 Å². The molecule has 0 amide bonds. The van der Waals surface area contributed by atoms with Gasteiger partial charge in [0.05, 0.1) is 26.4 Å². The van der Waals surface area contributed by atoms with Gasteiger partial charge in [0.1, 0.15) is 0 Å². The van der Waals surface area contributed by atoms with Gasteiger partial charge in [-0.15, -0.1) is 0 Å². The zero-order valence-electron chi connectivity index (χ0n) is 9.58. The number of nitrogens with zero attached hydrogens (tertiary/aromatic N) is 1. The fourth-order valence-corrected chi connectivity index (χ4v) is 5.15. The van der Waals surface area contributed by atoms with E-state index in [0.717, 1.165) is 0 Å². The van der Waals surface area contributed by atoms with Crippen LogP contribution in [0.25, 0.3) is 0 Å². The van der Waals surface area contributed by atoms with Crippen LogP contribution >= 0.6 is 15.2 Å². The van der Waals surface area contributed by atoms with E-state index in [2.05, 4.69) is 4.52 Å². The van der Waals surface area contributed by atoms with Crippen LogP contribution in [-0.2, 0) is 18.4 Å². The normalized spacial score (nSPS) is 23.6. The lowest BCUT2D eigenvalue weighted by Crippen LogP contribution is -2.43. The Labute approximate surface area is 104 Å². The zero-order chi connectivity index (χ0) is 13.8. The third kappa shape index (κ3) is 4.38. The maximum absolute atomic E-state index is 11.9. The minimum atomic E-state index is -4.86. The fraction of sp³-hybridized carbons (Fsp3) is 1.00. The van der Waals surface area contributed by atoms with E-state index in [-0.39, 0.29) is 26.3 Å². The van der Waals surface area contributed by atoms with Crippen LogP contribution in [0.2, 0.25) is 0 Å². The molecule has 1 heterocycles. The van der Waals surface area contributed by atoms with E-state index in [4.69, 9.17) is 9.84 Å². The molecule has 108 valence electrons. The molecule has 0 aliphatic carbocycles. The van der Waals surface area contributed by atoms with E-state index in [1.54, 1.807) is 0 Å². The third-order valence-electron chi connectivity index (χ3n) is 2.33. The highest BCUT2D eigenvalue weighted by atomic mass is 31.2. The Balaban J connectivity index is 2.90. The van der Waals surface area contributed by atoms with Crippen LogP contribution in [0, 0.1) is 0 Å². The van der Waals surface area contributed by atoms with E-state index in [0.29, 0.717) is 0 Å². The molecule has 1 fully saturated rings. The van der Waals surface area contributed by atoms with Gasteiger partial charge in [-0.3, -0.25) is 14.0 Å². The molecule has 2 atom stereocenters. The Morgan fingerprint density at radius 3 is 2.22 bits per heavy atom. The summed E-state index contributed by atoms with van der Waals surface area (Å²) >= 11 is 0. The van der Waals surface area contributed by atoms with Crippen molar-refractivity contribution in [1.29, 1.82) is 0 Å². The Kier molecular flexibility index (Phi) is 5.92. The molecule has 1 aliphatic heterocycles. The number of morpholine rings is 1. The van der Waals surface area contributed by atoms with Crippen molar-refractivity contribution in [3.8, 4) is 0 Å². The lowest BCUT2D eigenvalue weighted by Gasteiger charge is -2.35. The number of hydrogen-bond donors (Lipinski definition) is 4. The van der Waals surface area contributed by atoms with E-state index in [1.807, 2.05) is 0 Å². The summed E-state index contributed by atoms with van der Waals surface area (Å²) in [4.78, 5) is 29.3. The summed E-state index contributed by atoms with van der Waals surface area (Å²) < 4.78 is 32.8. The molecular formula is C7H17NO8P2. The first kappa shape index (κ1) is 16.2. The van der Waals surface area contributed by atoms with Crippen molar-refractivity contribution < 1.29 is 38.2 Å². The van der Waals surface area contributed by atoms with Gasteiger partial charge in [-0.05, 0) is 0 Å². The van der Waals surface area contributed by atoms with Crippen LogP contribution in [0.3, 0.4) is 0 Å². The molecule has 0 aromatic carbocycles. The second-order valence-electron chi connectivity index (χ2n) is 3.70. The number of hydrogen-bond acceptors (Lipinski definition) is 6.